The van der Waals surface area contributed by atoms with Crippen LogP contribution in [0, 0.1) is 0 Å². The molecule has 0 aliphatic rings. The van der Waals surface area contributed by atoms with Crippen molar-refractivity contribution >= 4 is 35.9 Å². The van der Waals surface area contributed by atoms with Gasteiger partial charge in [0, 0.05) is 13.1 Å². The molecule has 0 spiro atoms. The Morgan fingerprint density at radius 3 is 2.58 bits per heavy atom. The molecule has 1 aromatic carbocycles. The van der Waals surface area contributed by atoms with Crippen LogP contribution in [0.4, 0.5) is 13.2 Å². The standard InChI is InChI=1S/C15H20F3N3O2.HI/c1-3-19-14(20-8-7-13(22)23-2)21-10-11-5-4-6-12(9-11)15(16,17)18;/h4-6,9H,3,7-8,10H2,1-2H3,(H2,19,20,21);1H. The molecule has 136 valence electrons. The number of ether oxygens (including phenoxy) is 1. The predicted molar refractivity (Wildman–Crippen MR) is 96.3 cm³/mol. The van der Waals surface area contributed by atoms with Gasteiger partial charge in [-0.15, -0.1) is 24.0 Å². The van der Waals surface area contributed by atoms with Crippen LogP contribution in [0.1, 0.15) is 24.5 Å². The van der Waals surface area contributed by atoms with E-state index >= 15 is 0 Å². The van der Waals surface area contributed by atoms with Gasteiger partial charge in [0.25, 0.3) is 0 Å². The van der Waals surface area contributed by atoms with Crippen molar-refractivity contribution in [3.63, 3.8) is 0 Å². The molecule has 0 saturated heterocycles. The molecule has 0 saturated carbocycles. The van der Waals surface area contributed by atoms with Crippen molar-refractivity contribution in [1.29, 1.82) is 0 Å². The number of nitrogens with one attached hydrogen (secondary N) is 2. The van der Waals surface area contributed by atoms with Gasteiger partial charge in [-0.2, -0.15) is 13.2 Å². The summed E-state index contributed by atoms with van der Waals surface area (Å²) in [6, 6.07) is 5.02. The highest BCUT2D eigenvalue weighted by molar-refractivity contribution is 14.0. The Morgan fingerprint density at radius 2 is 2.00 bits per heavy atom. The minimum Gasteiger partial charge on any atom is -0.469 e. The van der Waals surface area contributed by atoms with E-state index in [2.05, 4.69) is 20.4 Å². The van der Waals surface area contributed by atoms with E-state index in [9.17, 15) is 18.0 Å². The topological polar surface area (TPSA) is 62.7 Å². The molecule has 9 heteroatoms. The number of carbonyl (C=O) groups is 1. The van der Waals surface area contributed by atoms with Gasteiger partial charge >= 0.3 is 12.1 Å². The Morgan fingerprint density at radius 1 is 1.29 bits per heavy atom. The number of benzene rings is 1. The third-order valence-electron chi connectivity index (χ3n) is 2.87. The number of aliphatic imine (C=N–C) groups is 1. The second-order valence-electron chi connectivity index (χ2n) is 4.65. The highest BCUT2D eigenvalue weighted by Gasteiger charge is 2.30. The van der Waals surface area contributed by atoms with Crippen LogP contribution in [0.15, 0.2) is 29.3 Å². The molecular formula is C15H21F3IN3O2. The Hall–Kier alpha value is -1.52. The van der Waals surface area contributed by atoms with Gasteiger partial charge in [-0.25, -0.2) is 4.99 Å². The molecule has 0 unspecified atom stereocenters. The van der Waals surface area contributed by atoms with E-state index in [1.54, 1.807) is 6.07 Å². The fourth-order valence-corrected chi connectivity index (χ4v) is 1.74. The van der Waals surface area contributed by atoms with E-state index in [0.29, 0.717) is 24.6 Å². The van der Waals surface area contributed by atoms with E-state index in [0.717, 1.165) is 12.1 Å². The average Bonchev–Trinajstić information content (AvgIpc) is 2.51. The van der Waals surface area contributed by atoms with Crippen LogP contribution in [0.25, 0.3) is 0 Å². The minimum absolute atomic E-state index is 0. The van der Waals surface area contributed by atoms with E-state index in [1.807, 2.05) is 6.92 Å². The Kier molecular flexibility index (Phi) is 10.4. The first kappa shape index (κ1) is 22.5. The number of halogens is 4. The molecule has 0 bridgehead atoms. The second-order valence-corrected chi connectivity index (χ2v) is 4.65. The normalized spacial score (nSPS) is 11.5. The number of guanidine groups is 1. The van der Waals surface area contributed by atoms with Gasteiger partial charge < -0.3 is 15.4 Å². The molecule has 5 nitrogen and oxygen atoms in total. The molecule has 0 atom stereocenters. The van der Waals surface area contributed by atoms with Crippen LogP contribution in [-0.4, -0.2) is 32.1 Å². The Labute approximate surface area is 156 Å². The van der Waals surface area contributed by atoms with E-state index in [-0.39, 0.29) is 42.9 Å². The zero-order valence-electron chi connectivity index (χ0n) is 13.4. The van der Waals surface area contributed by atoms with Crippen molar-refractivity contribution in [3.05, 3.63) is 35.4 Å². The van der Waals surface area contributed by atoms with Crippen LogP contribution < -0.4 is 10.6 Å². The quantitative estimate of drug-likeness (QED) is 0.297. The zero-order valence-corrected chi connectivity index (χ0v) is 15.8. The first-order chi connectivity index (χ1) is 10.9. The SMILES string of the molecule is CCNC(=NCc1cccc(C(F)(F)F)c1)NCCC(=O)OC.I. The first-order valence-electron chi connectivity index (χ1n) is 7.12. The molecule has 0 heterocycles. The van der Waals surface area contributed by atoms with Crippen molar-refractivity contribution in [2.24, 2.45) is 4.99 Å². The summed E-state index contributed by atoms with van der Waals surface area (Å²) < 4.78 is 42.5. The molecule has 2 N–H and O–H groups in total. The number of hydrogen-bond donors (Lipinski definition) is 2. The van der Waals surface area contributed by atoms with Gasteiger partial charge in [0.2, 0.25) is 0 Å². The summed E-state index contributed by atoms with van der Waals surface area (Å²) in [4.78, 5) is 15.2. The molecule has 0 aromatic heterocycles. The fraction of sp³-hybridized carbons (Fsp3) is 0.467. The number of nitrogens with zero attached hydrogens (tertiary/aromatic N) is 1. The van der Waals surface area contributed by atoms with Crippen molar-refractivity contribution < 1.29 is 22.7 Å². The molecule has 0 aliphatic heterocycles. The lowest BCUT2D eigenvalue weighted by atomic mass is 10.1. The van der Waals surface area contributed by atoms with E-state index < -0.39 is 11.7 Å². The third kappa shape index (κ3) is 8.37. The average molecular weight is 459 g/mol. The molecule has 0 fully saturated rings. The molecule has 0 aliphatic carbocycles. The number of rotatable bonds is 6. The van der Waals surface area contributed by atoms with Crippen LogP contribution in [0.2, 0.25) is 0 Å². The van der Waals surface area contributed by atoms with Crippen LogP contribution in [0.5, 0.6) is 0 Å². The minimum atomic E-state index is -4.37. The van der Waals surface area contributed by atoms with Crippen molar-refractivity contribution in [2.45, 2.75) is 26.1 Å². The maximum atomic E-state index is 12.7. The second kappa shape index (κ2) is 11.1. The lowest BCUT2D eigenvalue weighted by Gasteiger charge is -2.11. The van der Waals surface area contributed by atoms with Gasteiger partial charge in [-0.05, 0) is 24.6 Å². The summed E-state index contributed by atoms with van der Waals surface area (Å²) in [6.45, 7) is 2.87. The van der Waals surface area contributed by atoms with Gasteiger partial charge in [0.1, 0.15) is 0 Å². The maximum Gasteiger partial charge on any atom is 0.416 e. The molecule has 0 amide bonds. The van der Waals surface area contributed by atoms with Gasteiger partial charge in [-0.3, -0.25) is 4.79 Å². The Balaban J connectivity index is 0.00000529. The number of hydrogen-bond acceptors (Lipinski definition) is 3. The number of alkyl halides is 3. The number of carbonyl (C=O) groups excluding carboxylic acids is 1. The fourth-order valence-electron chi connectivity index (χ4n) is 1.74. The third-order valence-corrected chi connectivity index (χ3v) is 2.87. The molecule has 1 aromatic rings. The summed E-state index contributed by atoms with van der Waals surface area (Å²) in [5.41, 5.74) is -0.251. The smallest absolute Gasteiger partial charge is 0.416 e. The number of esters is 1. The lowest BCUT2D eigenvalue weighted by molar-refractivity contribution is -0.140. The monoisotopic (exact) mass is 459 g/mol. The van der Waals surface area contributed by atoms with Gasteiger partial charge in [-0.1, -0.05) is 12.1 Å². The zero-order chi connectivity index (χ0) is 17.3. The van der Waals surface area contributed by atoms with Crippen molar-refractivity contribution in [3.8, 4) is 0 Å². The molecule has 0 radical (unpaired) electrons. The molecular weight excluding hydrogens is 438 g/mol. The molecule has 24 heavy (non-hydrogen) atoms. The van der Waals surface area contributed by atoms with E-state index in [1.165, 1.54) is 13.2 Å². The highest BCUT2D eigenvalue weighted by Crippen LogP contribution is 2.29. The van der Waals surface area contributed by atoms with Crippen molar-refractivity contribution in [1.82, 2.24) is 10.6 Å². The number of methoxy groups -OCH3 is 1. The highest BCUT2D eigenvalue weighted by atomic mass is 127. The largest absolute Gasteiger partial charge is 0.469 e. The van der Waals surface area contributed by atoms with Gasteiger partial charge in [0.05, 0.1) is 25.6 Å². The van der Waals surface area contributed by atoms with Crippen molar-refractivity contribution in [2.75, 3.05) is 20.2 Å². The molecule has 1 rings (SSSR count). The summed E-state index contributed by atoms with van der Waals surface area (Å²) in [5, 5.41) is 5.87. The first-order valence-corrected chi connectivity index (χ1v) is 7.12. The van der Waals surface area contributed by atoms with Crippen LogP contribution in [-0.2, 0) is 22.3 Å². The van der Waals surface area contributed by atoms with Crippen LogP contribution in [0.3, 0.4) is 0 Å². The van der Waals surface area contributed by atoms with E-state index in [4.69, 9.17) is 0 Å². The summed E-state index contributed by atoms with van der Waals surface area (Å²) in [5.74, 6) is 0.0695. The van der Waals surface area contributed by atoms with Crippen LogP contribution >= 0.6 is 24.0 Å². The summed E-state index contributed by atoms with van der Waals surface area (Å²) in [6.07, 6.45) is -4.20. The summed E-state index contributed by atoms with van der Waals surface area (Å²) in [7, 11) is 1.30. The summed E-state index contributed by atoms with van der Waals surface area (Å²) >= 11 is 0. The Bertz CT molecular complexity index is 551. The lowest BCUT2D eigenvalue weighted by Crippen LogP contribution is -2.38. The predicted octanol–water partition coefficient (Wildman–Crippen LogP) is 2.94. The maximum absolute atomic E-state index is 12.7. The van der Waals surface area contributed by atoms with Gasteiger partial charge in [0.15, 0.2) is 5.96 Å².